The van der Waals surface area contributed by atoms with Crippen molar-refractivity contribution in [1.29, 1.82) is 5.26 Å². The summed E-state index contributed by atoms with van der Waals surface area (Å²) in [5.41, 5.74) is 6.52. The summed E-state index contributed by atoms with van der Waals surface area (Å²) in [6, 6.07) is 7.51. The van der Waals surface area contributed by atoms with Gasteiger partial charge in [-0.1, -0.05) is 18.2 Å². The van der Waals surface area contributed by atoms with Crippen molar-refractivity contribution in [3.8, 4) is 6.07 Å². The number of amides is 1. The number of benzene rings is 1. The number of hydrogen-bond donors (Lipinski definition) is 1. The van der Waals surface area contributed by atoms with Gasteiger partial charge in [0.05, 0.1) is 10.6 Å². The summed E-state index contributed by atoms with van der Waals surface area (Å²) in [6.07, 6.45) is 0. The van der Waals surface area contributed by atoms with E-state index >= 15 is 0 Å². The quantitative estimate of drug-likeness (QED) is 0.557. The summed E-state index contributed by atoms with van der Waals surface area (Å²) >= 11 is 0. The lowest BCUT2D eigenvalue weighted by atomic mass is 10.1. The molecule has 0 aromatic heterocycles. The second-order valence-corrected chi connectivity index (χ2v) is 4.94. The number of nitriles is 1. The van der Waals surface area contributed by atoms with Gasteiger partial charge in [0.1, 0.15) is 11.6 Å². The normalized spacial score (nSPS) is 18.8. The Bertz CT molecular complexity index is 683. The predicted molar refractivity (Wildman–Crippen MR) is 57.4 cm³/mol. The summed E-state index contributed by atoms with van der Waals surface area (Å²) in [4.78, 5) is 10.9. The van der Waals surface area contributed by atoms with Crippen LogP contribution in [0.2, 0.25) is 0 Å². The van der Waals surface area contributed by atoms with Crippen LogP contribution in [0.4, 0.5) is 0 Å². The fraction of sp³-hybridized carbons (Fsp3) is 0. The van der Waals surface area contributed by atoms with Gasteiger partial charge in [-0.05, 0) is 6.07 Å². The van der Waals surface area contributed by atoms with Crippen LogP contribution in [0.5, 0.6) is 0 Å². The average molecular weight is 248 g/mol. The van der Waals surface area contributed by atoms with Crippen LogP contribution >= 0.6 is 0 Å². The largest absolute Gasteiger partial charge is 0.282 e. The molecule has 0 fully saturated rings. The second-order valence-electron chi connectivity index (χ2n) is 3.29. The maximum absolute atomic E-state index is 11.7. The molecule has 0 atom stereocenters. The third-order valence-corrected chi connectivity index (χ3v) is 3.68. The fourth-order valence-electron chi connectivity index (χ4n) is 1.56. The van der Waals surface area contributed by atoms with Gasteiger partial charge in [0.15, 0.2) is 0 Å². The highest BCUT2D eigenvalue weighted by Crippen LogP contribution is 2.31. The second kappa shape index (κ2) is 3.61. The molecule has 17 heavy (non-hydrogen) atoms. The van der Waals surface area contributed by atoms with E-state index in [1.165, 1.54) is 24.3 Å². The van der Waals surface area contributed by atoms with Crippen molar-refractivity contribution in [2.75, 3.05) is 0 Å². The molecule has 1 aromatic carbocycles. The lowest BCUT2D eigenvalue weighted by Gasteiger charge is -1.99. The van der Waals surface area contributed by atoms with Crippen molar-refractivity contribution in [3.05, 3.63) is 35.4 Å². The molecule has 0 saturated heterocycles. The van der Waals surface area contributed by atoms with Crippen molar-refractivity contribution in [1.82, 2.24) is 10.5 Å². The van der Waals surface area contributed by atoms with Crippen molar-refractivity contribution < 1.29 is 13.2 Å². The number of fused-ring (bicyclic) bond motifs is 1. The lowest BCUT2D eigenvalue weighted by Crippen LogP contribution is -2.17. The highest BCUT2D eigenvalue weighted by atomic mass is 32.2. The Morgan fingerprint density at radius 3 is 2.59 bits per heavy atom. The molecule has 1 amide bonds. The van der Waals surface area contributed by atoms with E-state index < -0.39 is 21.5 Å². The molecule has 0 bridgehead atoms. The molecule has 2 N–H and O–H groups in total. The Balaban J connectivity index is 2.81. The molecule has 7 heteroatoms. The van der Waals surface area contributed by atoms with Crippen molar-refractivity contribution in [2.45, 2.75) is 4.90 Å². The van der Waals surface area contributed by atoms with Gasteiger partial charge in [-0.25, -0.2) is 8.42 Å². The van der Waals surface area contributed by atoms with Crippen LogP contribution in [0.1, 0.15) is 5.56 Å². The molecule has 85 valence electrons. The Labute approximate surface area is 97.4 Å². The molecule has 1 aromatic rings. The summed E-state index contributed by atoms with van der Waals surface area (Å²) < 4.78 is 25.5. The first-order valence-corrected chi connectivity index (χ1v) is 5.98. The van der Waals surface area contributed by atoms with Gasteiger partial charge < -0.3 is 0 Å². The fourth-order valence-corrected chi connectivity index (χ4v) is 2.87. The van der Waals surface area contributed by atoms with Crippen molar-refractivity contribution in [3.63, 3.8) is 0 Å². The van der Waals surface area contributed by atoms with E-state index in [0.29, 0.717) is 0 Å². The summed E-state index contributed by atoms with van der Waals surface area (Å²) in [7, 11) is -3.74. The van der Waals surface area contributed by atoms with E-state index in [1.54, 1.807) is 6.07 Å². The zero-order valence-corrected chi connectivity index (χ0v) is 9.21. The standard InChI is InChI=1S/C10H6N3O3S/c11-5-7(10(12)14)9-6-3-1-2-4-8(6)17(15,16)13-9/h1-4,12-13H. The van der Waals surface area contributed by atoms with Gasteiger partial charge >= 0.3 is 0 Å². The lowest BCUT2D eigenvalue weighted by molar-refractivity contribution is -0.114. The van der Waals surface area contributed by atoms with Gasteiger partial charge in [0, 0.05) is 5.56 Å². The van der Waals surface area contributed by atoms with Gasteiger partial charge in [-0.3, -0.25) is 15.3 Å². The molecule has 6 nitrogen and oxygen atoms in total. The van der Waals surface area contributed by atoms with Crippen LogP contribution in [0.25, 0.3) is 5.70 Å². The van der Waals surface area contributed by atoms with Gasteiger partial charge in [-0.15, -0.1) is 0 Å². The minimum atomic E-state index is -3.74. The van der Waals surface area contributed by atoms with E-state index in [4.69, 9.17) is 11.0 Å². The number of sulfonamides is 1. The zero-order chi connectivity index (χ0) is 12.6. The molecule has 0 saturated carbocycles. The number of nitrogens with zero attached hydrogens (tertiary/aromatic N) is 1. The van der Waals surface area contributed by atoms with Crippen LogP contribution in [0.3, 0.4) is 0 Å². The van der Waals surface area contributed by atoms with E-state index in [0.717, 1.165) is 0 Å². The first-order valence-electron chi connectivity index (χ1n) is 4.50. The minimum absolute atomic E-state index is 0.00370. The smallest absolute Gasteiger partial charge is 0.277 e. The van der Waals surface area contributed by atoms with E-state index in [9.17, 15) is 13.2 Å². The molecular formula is C10H6N3O3S. The van der Waals surface area contributed by atoms with Crippen LogP contribution in [-0.2, 0) is 14.8 Å². The molecule has 1 heterocycles. The molecule has 1 aliphatic rings. The van der Waals surface area contributed by atoms with E-state index in [2.05, 4.69) is 4.72 Å². The SMILES string of the molecule is N#CC(C([NH])=O)=C1NS(=O)(=O)c2ccccc21. The van der Waals surface area contributed by atoms with Crippen molar-refractivity contribution in [2.24, 2.45) is 0 Å². The van der Waals surface area contributed by atoms with Crippen LogP contribution in [-0.4, -0.2) is 14.3 Å². The molecular weight excluding hydrogens is 242 g/mol. The van der Waals surface area contributed by atoms with Gasteiger partial charge in [0.2, 0.25) is 0 Å². The maximum atomic E-state index is 11.7. The zero-order valence-electron chi connectivity index (χ0n) is 8.39. The Hall–Kier alpha value is -2.33. The highest BCUT2D eigenvalue weighted by molar-refractivity contribution is 7.90. The molecule has 1 radical (unpaired) electrons. The number of hydrogen-bond acceptors (Lipinski definition) is 4. The predicted octanol–water partition coefficient (Wildman–Crippen LogP) is 0.0227. The summed E-state index contributed by atoms with van der Waals surface area (Å²) in [5.74, 6) is -1.22. The molecule has 0 unspecified atom stereocenters. The van der Waals surface area contributed by atoms with Crippen LogP contribution in [0, 0.1) is 11.3 Å². The Morgan fingerprint density at radius 2 is 2.00 bits per heavy atom. The third-order valence-electron chi connectivity index (χ3n) is 2.27. The molecule has 2 rings (SSSR count). The Morgan fingerprint density at radius 1 is 1.35 bits per heavy atom. The maximum Gasteiger partial charge on any atom is 0.282 e. The van der Waals surface area contributed by atoms with E-state index in [-0.39, 0.29) is 16.2 Å². The molecule has 1 aliphatic heterocycles. The number of rotatable bonds is 1. The summed E-state index contributed by atoms with van der Waals surface area (Å²) in [6.45, 7) is 0. The molecule has 0 aliphatic carbocycles. The van der Waals surface area contributed by atoms with E-state index in [1.807, 2.05) is 0 Å². The molecule has 0 spiro atoms. The first kappa shape index (κ1) is 11.2. The van der Waals surface area contributed by atoms with Crippen LogP contribution in [0.15, 0.2) is 34.7 Å². The van der Waals surface area contributed by atoms with Gasteiger partial charge in [-0.2, -0.15) is 5.26 Å². The van der Waals surface area contributed by atoms with Gasteiger partial charge in [0.25, 0.3) is 15.9 Å². The average Bonchev–Trinajstić information content (AvgIpc) is 2.53. The van der Waals surface area contributed by atoms with Crippen molar-refractivity contribution >= 4 is 21.6 Å². The third kappa shape index (κ3) is 1.64. The van der Waals surface area contributed by atoms with Crippen LogP contribution < -0.4 is 10.5 Å². The Kier molecular flexibility index (Phi) is 2.37. The number of carbonyl (C=O) groups is 1. The number of nitrogens with one attached hydrogen (secondary N) is 2. The topological polar surface area (TPSA) is 111 Å². The summed E-state index contributed by atoms with van der Waals surface area (Å²) in [5, 5.41) is 8.77. The number of carbonyl (C=O) groups excluding carboxylic acids is 1. The highest BCUT2D eigenvalue weighted by Gasteiger charge is 2.32. The minimum Gasteiger partial charge on any atom is -0.277 e. The first-order chi connectivity index (χ1) is 7.97. The monoisotopic (exact) mass is 248 g/mol.